The number of esters is 1. The van der Waals surface area contributed by atoms with Crippen molar-refractivity contribution >= 4 is 21.9 Å². The Morgan fingerprint density at radius 2 is 2.12 bits per heavy atom. The van der Waals surface area contributed by atoms with Crippen molar-refractivity contribution in [3.05, 3.63) is 28.2 Å². The molecule has 0 bridgehead atoms. The van der Waals surface area contributed by atoms with E-state index in [9.17, 15) is 20.1 Å². The Kier molecular flexibility index (Phi) is 4.92. The summed E-state index contributed by atoms with van der Waals surface area (Å²) < 4.78 is 5.19. The van der Waals surface area contributed by atoms with Crippen molar-refractivity contribution in [2.45, 2.75) is 19.1 Å². The van der Waals surface area contributed by atoms with Gasteiger partial charge < -0.3 is 20.1 Å². The van der Waals surface area contributed by atoms with E-state index in [1.165, 1.54) is 12.1 Å². The van der Waals surface area contributed by atoms with Gasteiger partial charge in [0.2, 0.25) is 0 Å². The molecule has 0 saturated heterocycles. The average Bonchev–Trinajstić information content (AvgIpc) is 2.30. The summed E-state index contributed by atoms with van der Waals surface area (Å²) in [7, 11) is 0. The Labute approximate surface area is 107 Å². The molecule has 17 heavy (non-hydrogen) atoms. The lowest BCUT2D eigenvalue weighted by Crippen LogP contribution is -2.29. The third-order valence-electron chi connectivity index (χ3n) is 2.14. The number of aliphatic hydroxyl groups is 2. The third kappa shape index (κ3) is 3.42. The monoisotopic (exact) mass is 304 g/mol. The van der Waals surface area contributed by atoms with Gasteiger partial charge in [-0.05, 0) is 25.1 Å². The van der Waals surface area contributed by atoms with E-state index in [4.69, 9.17) is 0 Å². The maximum absolute atomic E-state index is 11.2. The first-order valence-corrected chi connectivity index (χ1v) is 5.77. The van der Waals surface area contributed by atoms with Crippen LogP contribution in [0.25, 0.3) is 0 Å². The van der Waals surface area contributed by atoms with E-state index in [-0.39, 0.29) is 17.9 Å². The van der Waals surface area contributed by atoms with Crippen molar-refractivity contribution < 1.29 is 24.9 Å². The van der Waals surface area contributed by atoms with Gasteiger partial charge in [-0.25, -0.2) is 4.79 Å². The first-order valence-electron chi connectivity index (χ1n) is 4.98. The van der Waals surface area contributed by atoms with Crippen molar-refractivity contribution in [2.24, 2.45) is 0 Å². The quantitative estimate of drug-likeness (QED) is 0.726. The zero-order valence-electron chi connectivity index (χ0n) is 9.13. The van der Waals surface area contributed by atoms with Crippen LogP contribution in [-0.4, -0.2) is 34.0 Å². The number of rotatable bonds is 4. The first kappa shape index (κ1) is 14.0. The van der Waals surface area contributed by atoms with Gasteiger partial charge in [0.05, 0.1) is 6.61 Å². The Hall–Kier alpha value is -1.11. The summed E-state index contributed by atoms with van der Waals surface area (Å²) in [5.41, 5.74) is 0.0555. The predicted octanol–water partition coefficient (Wildman–Crippen LogP) is 1.11. The Morgan fingerprint density at radius 3 is 2.71 bits per heavy atom. The second kappa shape index (κ2) is 6.00. The molecule has 94 valence electrons. The van der Waals surface area contributed by atoms with E-state index in [1.807, 2.05) is 0 Å². The zero-order chi connectivity index (χ0) is 13.0. The molecule has 0 fully saturated rings. The zero-order valence-corrected chi connectivity index (χ0v) is 10.7. The van der Waals surface area contributed by atoms with Crippen LogP contribution in [0.5, 0.6) is 5.75 Å². The smallest absolute Gasteiger partial charge is 0.338 e. The number of hydrogen-bond donors (Lipinski definition) is 3. The summed E-state index contributed by atoms with van der Waals surface area (Å²) >= 11 is 3.16. The Balaban J connectivity index is 2.91. The fourth-order valence-electron chi connectivity index (χ4n) is 1.29. The number of ether oxygens (including phenoxy) is 1. The lowest BCUT2D eigenvalue weighted by molar-refractivity contribution is -0.159. The lowest BCUT2D eigenvalue weighted by atomic mass is 10.0. The maximum Gasteiger partial charge on any atom is 0.338 e. The molecule has 1 aromatic carbocycles. The van der Waals surface area contributed by atoms with Crippen molar-refractivity contribution in [2.75, 3.05) is 6.61 Å². The van der Waals surface area contributed by atoms with Crippen LogP contribution < -0.4 is 0 Å². The van der Waals surface area contributed by atoms with Gasteiger partial charge in [-0.1, -0.05) is 15.9 Å². The van der Waals surface area contributed by atoms with E-state index < -0.39 is 18.2 Å². The number of carbonyl (C=O) groups is 1. The number of phenolic OH excluding ortho intramolecular Hbond substituents is 1. The van der Waals surface area contributed by atoms with Crippen LogP contribution in [0.15, 0.2) is 22.7 Å². The van der Waals surface area contributed by atoms with Gasteiger partial charge >= 0.3 is 5.97 Å². The van der Waals surface area contributed by atoms with E-state index in [2.05, 4.69) is 20.7 Å². The van der Waals surface area contributed by atoms with Crippen molar-refractivity contribution in [1.29, 1.82) is 0 Å². The van der Waals surface area contributed by atoms with Crippen LogP contribution >= 0.6 is 15.9 Å². The summed E-state index contributed by atoms with van der Waals surface area (Å²) in [6.07, 6.45) is -3.26. The van der Waals surface area contributed by atoms with Crippen molar-refractivity contribution in [3.8, 4) is 5.75 Å². The van der Waals surface area contributed by atoms with E-state index >= 15 is 0 Å². The van der Waals surface area contributed by atoms with Crippen LogP contribution in [0.1, 0.15) is 18.6 Å². The Morgan fingerprint density at radius 1 is 1.47 bits per heavy atom. The normalized spacial score (nSPS) is 14.1. The predicted molar refractivity (Wildman–Crippen MR) is 63.4 cm³/mol. The molecule has 3 N–H and O–H groups in total. The van der Waals surface area contributed by atoms with Gasteiger partial charge in [-0.15, -0.1) is 0 Å². The number of hydrogen-bond acceptors (Lipinski definition) is 5. The summed E-state index contributed by atoms with van der Waals surface area (Å²) in [6, 6.07) is 4.34. The number of benzene rings is 1. The minimum absolute atomic E-state index is 0.0555. The van der Waals surface area contributed by atoms with Gasteiger partial charge in [0, 0.05) is 10.0 Å². The van der Waals surface area contributed by atoms with Gasteiger partial charge in [-0.2, -0.15) is 0 Å². The minimum Gasteiger partial charge on any atom is -0.508 e. The standard InChI is InChI=1S/C11H13BrO5/c1-2-17-11(16)10(15)9(14)7-5-6(12)3-4-8(7)13/h3-5,9-10,13-15H,2H2,1H3. The second-order valence-corrected chi connectivity index (χ2v) is 4.26. The molecule has 1 aromatic rings. The van der Waals surface area contributed by atoms with Gasteiger partial charge in [0.1, 0.15) is 11.9 Å². The molecule has 0 saturated carbocycles. The molecule has 0 heterocycles. The van der Waals surface area contributed by atoms with Crippen LogP contribution in [0, 0.1) is 0 Å². The van der Waals surface area contributed by atoms with Crippen LogP contribution in [0.3, 0.4) is 0 Å². The van der Waals surface area contributed by atoms with Crippen LogP contribution in [0.2, 0.25) is 0 Å². The number of halogens is 1. The molecule has 0 aliphatic rings. The number of phenols is 1. The molecular weight excluding hydrogens is 292 g/mol. The summed E-state index contributed by atoms with van der Waals surface area (Å²) in [4.78, 5) is 11.2. The second-order valence-electron chi connectivity index (χ2n) is 3.34. The maximum atomic E-state index is 11.2. The molecule has 6 heteroatoms. The highest BCUT2D eigenvalue weighted by Crippen LogP contribution is 2.29. The van der Waals surface area contributed by atoms with Crippen LogP contribution in [0.4, 0.5) is 0 Å². The number of aromatic hydroxyl groups is 1. The van der Waals surface area contributed by atoms with Crippen molar-refractivity contribution in [1.82, 2.24) is 0 Å². The van der Waals surface area contributed by atoms with Crippen LogP contribution in [-0.2, 0) is 9.53 Å². The highest BCUT2D eigenvalue weighted by atomic mass is 79.9. The van der Waals surface area contributed by atoms with E-state index in [0.717, 1.165) is 0 Å². The molecule has 0 amide bonds. The number of carbonyl (C=O) groups excluding carboxylic acids is 1. The van der Waals surface area contributed by atoms with Gasteiger partial charge in [0.15, 0.2) is 6.10 Å². The third-order valence-corrected chi connectivity index (χ3v) is 2.63. The fraction of sp³-hybridized carbons (Fsp3) is 0.364. The average molecular weight is 305 g/mol. The first-order chi connectivity index (χ1) is 7.97. The van der Waals surface area contributed by atoms with Gasteiger partial charge in [0.25, 0.3) is 0 Å². The van der Waals surface area contributed by atoms with Gasteiger partial charge in [-0.3, -0.25) is 0 Å². The molecular formula is C11H13BrO5. The summed E-state index contributed by atoms with van der Waals surface area (Å²) in [6.45, 7) is 1.70. The largest absolute Gasteiger partial charge is 0.508 e. The topological polar surface area (TPSA) is 87.0 Å². The summed E-state index contributed by atoms with van der Waals surface area (Å²) in [5, 5.41) is 28.8. The highest BCUT2D eigenvalue weighted by Gasteiger charge is 2.28. The highest BCUT2D eigenvalue weighted by molar-refractivity contribution is 9.10. The molecule has 2 unspecified atom stereocenters. The van der Waals surface area contributed by atoms with Crippen molar-refractivity contribution in [3.63, 3.8) is 0 Å². The SMILES string of the molecule is CCOC(=O)C(O)C(O)c1cc(Br)ccc1O. The molecule has 0 aliphatic carbocycles. The molecule has 1 rings (SSSR count). The molecule has 0 aromatic heterocycles. The number of aliphatic hydroxyl groups excluding tert-OH is 2. The molecule has 0 aliphatic heterocycles. The molecule has 0 spiro atoms. The fourth-order valence-corrected chi connectivity index (χ4v) is 1.67. The lowest BCUT2D eigenvalue weighted by Gasteiger charge is -2.17. The molecule has 2 atom stereocenters. The summed E-state index contributed by atoms with van der Waals surface area (Å²) in [5.74, 6) is -1.14. The van der Waals surface area contributed by atoms with E-state index in [1.54, 1.807) is 13.0 Å². The van der Waals surface area contributed by atoms with E-state index in [0.29, 0.717) is 4.47 Å². The molecule has 0 radical (unpaired) electrons. The minimum atomic E-state index is -1.73. The Bertz CT molecular complexity index is 407. The molecule has 5 nitrogen and oxygen atoms in total.